The fraction of sp³-hybridized carbons (Fsp3) is 0.100. The lowest BCUT2D eigenvalue weighted by Crippen LogP contribution is -2.23. The highest BCUT2D eigenvalue weighted by molar-refractivity contribution is 9.10. The summed E-state index contributed by atoms with van der Waals surface area (Å²) in [4.78, 5) is 11.2. The zero-order valence-electron chi connectivity index (χ0n) is 7.75. The Bertz CT molecular complexity index is 332. The van der Waals surface area contributed by atoms with Crippen molar-refractivity contribution in [3.63, 3.8) is 0 Å². The van der Waals surface area contributed by atoms with Crippen molar-refractivity contribution >= 4 is 27.6 Å². The predicted octanol–water partition coefficient (Wildman–Crippen LogP) is 3.10. The Morgan fingerprint density at radius 3 is 2.57 bits per heavy atom. The summed E-state index contributed by atoms with van der Waals surface area (Å²) in [6.07, 6.45) is 3.33. The van der Waals surface area contributed by atoms with Crippen LogP contribution < -0.4 is 10.6 Å². The molecule has 74 valence electrons. The van der Waals surface area contributed by atoms with E-state index in [1.807, 2.05) is 31.2 Å². The van der Waals surface area contributed by atoms with Crippen LogP contribution in [0.5, 0.6) is 0 Å². The number of benzene rings is 1. The van der Waals surface area contributed by atoms with Crippen molar-refractivity contribution in [3.8, 4) is 0 Å². The van der Waals surface area contributed by atoms with Crippen LogP contribution in [0.3, 0.4) is 0 Å². The van der Waals surface area contributed by atoms with Gasteiger partial charge in [0.15, 0.2) is 0 Å². The Hall–Kier alpha value is -1.29. The van der Waals surface area contributed by atoms with Gasteiger partial charge in [0.1, 0.15) is 0 Å². The van der Waals surface area contributed by atoms with Crippen LogP contribution in [0.25, 0.3) is 0 Å². The molecule has 0 bridgehead atoms. The predicted molar refractivity (Wildman–Crippen MR) is 61.1 cm³/mol. The Morgan fingerprint density at radius 1 is 1.36 bits per heavy atom. The molecule has 0 fully saturated rings. The molecule has 0 atom stereocenters. The summed E-state index contributed by atoms with van der Waals surface area (Å²) in [7, 11) is 0. The van der Waals surface area contributed by atoms with Crippen molar-refractivity contribution in [2.75, 3.05) is 5.32 Å². The molecular weight excluding hydrogens is 244 g/mol. The first-order valence-corrected chi connectivity index (χ1v) is 4.96. The van der Waals surface area contributed by atoms with E-state index in [9.17, 15) is 4.79 Å². The normalized spacial score (nSPS) is 10.1. The first-order valence-electron chi connectivity index (χ1n) is 4.16. The summed E-state index contributed by atoms with van der Waals surface area (Å²) < 4.78 is 0.983. The number of hydrogen-bond acceptors (Lipinski definition) is 1. The molecule has 1 aromatic carbocycles. The molecule has 1 rings (SSSR count). The molecular formula is C10H11BrN2O. The van der Waals surface area contributed by atoms with Crippen LogP contribution in [0.15, 0.2) is 41.0 Å². The number of urea groups is 1. The summed E-state index contributed by atoms with van der Waals surface area (Å²) in [5, 5.41) is 5.23. The van der Waals surface area contributed by atoms with E-state index in [1.54, 1.807) is 12.3 Å². The van der Waals surface area contributed by atoms with Crippen molar-refractivity contribution in [2.45, 2.75) is 6.92 Å². The second kappa shape index (κ2) is 5.44. The van der Waals surface area contributed by atoms with Crippen LogP contribution in [-0.4, -0.2) is 6.03 Å². The van der Waals surface area contributed by atoms with Crippen molar-refractivity contribution in [3.05, 3.63) is 41.0 Å². The van der Waals surface area contributed by atoms with Gasteiger partial charge in [0.05, 0.1) is 0 Å². The van der Waals surface area contributed by atoms with Crippen molar-refractivity contribution in [1.29, 1.82) is 0 Å². The molecule has 0 saturated heterocycles. The third-order valence-corrected chi connectivity index (χ3v) is 2.01. The maximum Gasteiger partial charge on any atom is 0.323 e. The molecule has 0 radical (unpaired) electrons. The number of carbonyl (C=O) groups excluding carboxylic acids is 1. The van der Waals surface area contributed by atoms with Crippen LogP contribution in [0, 0.1) is 0 Å². The van der Waals surface area contributed by atoms with E-state index in [0.717, 1.165) is 10.2 Å². The van der Waals surface area contributed by atoms with E-state index in [2.05, 4.69) is 26.6 Å². The Kier molecular flexibility index (Phi) is 4.19. The molecule has 0 aromatic heterocycles. The minimum atomic E-state index is -0.245. The number of rotatable bonds is 2. The maximum atomic E-state index is 11.2. The standard InChI is InChI=1S/C10H11BrN2O/c1-2-7-12-10(14)13-9-5-3-8(11)4-6-9/h2-7H,1H3,(H2,12,13,14)/b7-2+. The zero-order valence-corrected chi connectivity index (χ0v) is 9.34. The van der Waals surface area contributed by atoms with Gasteiger partial charge in [-0.1, -0.05) is 22.0 Å². The highest BCUT2D eigenvalue weighted by Gasteiger charge is 1.97. The van der Waals surface area contributed by atoms with Gasteiger partial charge in [-0.3, -0.25) is 0 Å². The fourth-order valence-corrected chi connectivity index (χ4v) is 1.12. The molecule has 2 N–H and O–H groups in total. The second-order valence-electron chi connectivity index (χ2n) is 2.61. The van der Waals surface area contributed by atoms with Crippen molar-refractivity contribution in [2.24, 2.45) is 0 Å². The van der Waals surface area contributed by atoms with Crippen LogP contribution in [-0.2, 0) is 0 Å². The zero-order chi connectivity index (χ0) is 10.4. The third kappa shape index (κ3) is 3.62. The molecule has 0 aliphatic heterocycles. The van der Waals surface area contributed by atoms with Crippen molar-refractivity contribution in [1.82, 2.24) is 5.32 Å². The van der Waals surface area contributed by atoms with E-state index in [1.165, 1.54) is 0 Å². The second-order valence-corrected chi connectivity index (χ2v) is 3.52. The molecule has 1 aromatic rings. The molecule has 0 unspecified atom stereocenters. The van der Waals surface area contributed by atoms with Crippen LogP contribution in [0.4, 0.5) is 10.5 Å². The number of halogens is 1. The largest absolute Gasteiger partial charge is 0.323 e. The van der Waals surface area contributed by atoms with E-state index < -0.39 is 0 Å². The molecule has 3 nitrogen and oxygen atoms in total. The first-order chi connectivity index (χ1) is 6.72. The quantitative estimate of drug-likeness (QED) is 0.837. The summed E-state index contributed by atoms with van der Waals surface area (Å²) in [6, 6.07) is 7.13. The van der Waals surface area contributed by atoms with Gasteiger partial charge in [-0.25, -0.2) is 4.79 Å². The highest BCUT2D eigenvalue weighted by Crippen LogP contribution is 2.13. The topological polar surface area (TPSA) is 41.1 Å². The first kappa shape index (κ1) is 10.8. The van der Waals surface area contributed by atoms with Crippen LogP contribution >= 0.6 is 15.9 Å². The van der Waals surface area contributed by atoms with Gasteiger partial charge < -0.3 is 10.6 Å². The minimum Gasteiger partial charge on any atom is -0.315 e. The fourth-order valence-electron chi connectivity index (χ4n) is 0.859. The lowest BCUT2D eigenvalue weighted by atomic mass is 10.3. The number of allylic oxidation sites excluding steroid dienone is 1. The smallest absolute Gasteiger partial charge is 0.315 e. The van der Waals surface area contributed by atoms with Crippen molar-refractivity contribution < 1.29 is 4.79 Å². The van der Waals surface area contributed by atoms with Gasteiger partial charge in [0, 0.05) is 16.4 Å². The van der Waals surface area contributed by atoms with Gasteiger partial charge in [-0.15, -0.1) is 0 Å². The molecule has 2 amide bonds. The minimum absolute atomic E-state index is 0.245. The molecule has 0 heterocycles. The van der Waals surface area contributed by atoms with Gasteiger partial charge in [0.25, 0.3) is 0 Å². The molecule has 0 aliphatic carbocycles. The molecule has 0 saturated carbocycles. The molecule has 0 spiro atoms. The molecule has 0 aliphatic rings. The summed E-state index contributed by atoms with van der Waals surface area (Å²) in [5.74, 6) is 0. The monoisotopic (exact) mass is 254 g/mol. The molecule has 14 heavy (non-hydrogen) atoms. The Balaban J connectivity index is 2.52. The van der Waals surface area contributed by atoms with Crippen LogP contribution in [0.2, 0.25) is 0 Å². The van der Waals surface area contributed by atoms with E-state index in [4.69, 9.17) is 0 Å². The van der Waals surface area contributed by atoms with Gasteiger partial charge in [-0.05, 0) is 31.2 Å². The summed E-state index contributed by atoms with van der Waals surface area (Å²) in [5.41, 5.74) is 0.759. The maximum absolute atomic E-state index is 11.2. The number of carbonyl (C=O) groups is 1. The number of amides is 2. The third-order valence-electron chi connectivity index (χ3n) is 1.48. The lowest BCUT2D eigenvalue weighted by molar-refractivity contribution is 0.255. The molecule has 4 heteroatoms. The van der Waals surface area contributed by atoms with E-state index >= 15 is 0 Å². The number of anilines is 1. The summed E-state index contributed by atoms with van der Waals surface area (Å²) >= 11 is 3.31. The van der Waals surface area contributed by atoms with Gasteiger partial charge >= 0.3 is 6.03 Å². The lowest BCUT2D eigenvalue weighted by Gasteiger charge is -2.03. The van der Waals surface area contributed by atoms with Gasteiger partial charge in [-0.2, -0.15) is 0 Å². The van der Waals surface area contributed by atoms with Crippen LogP contribution in [0.1, 0.15) is 6.92 Å². The van der Waals surface area contributed by atoms with E-state index in [-0.39, 0.29) is 6.03 Å². The number of nitrogens with one attached hydrogen (secondary N) is 2. The average molecular weight is 255 g/mol. The Labute approximate surface area is 91.3 Å². The summed E-state index contributed by atoms with van der Waals surface area (Å²) in [6.45, 7) is 1.83. The highest BCUT2D eigenvalue weighted by atomic mass is 79.9. The number of hydrogen-bond donors (Lipinski definition) is 2. The Morgan fingerprint density at radius 2 is 2.00 bits per heavy atom. The van der Waals surface area contributed by atoms with E-state index in [0.29, 0.717) is 0 Å². The average Bonchev–Trinajstić information content (AvgIpc) is 2.18. The SMILES string of the molecule is C/C=C/NC(=O)Nc1ccc(Br)cc1. The van der Waals surface area contributed by atoms with Gasteiger partial charge in [0.2, 0.25) is 0 Å².